The van der Waals surface area contributed by atoms with E-state index < -0.39 is 0 Å². The fourth-order valence-corrected chi connectivity index (χ4v) is 3.67. The highest BCUT2D eigenvalue weighted by molar-refractivity contribution is 5.95. The second kappa shape index (κ2) is 8.86. The van der Waals surface area contributed by atoms with Crippen LogP contribution in [0.15, 0.2) is 60.9 Å². The second-order valence-electron chi connectivity index (χ2n) is 7.57. The van der Waals surface area contributed by atoms with Crippen molar-refractivity contribution in [2.24, 2.45) is 0 Å². The van der Waals surface area contributed by atoms with E-state index in [2.05, 4.69) is 26.3 Å². The molecule has 0 bridgehead atoms. The van der Waals surface area contributed by atoms with Gasteiger partial charge in [-0.05, 0) is 49.4 Å². The molecule has 1 saturated heterocycles. The summed E-state index contributed by atoms with van der Waals surface area (Å²) in [6.45, 7) is 4.61. The number of hydrogen-bond acceptors (Lipinski definition) is 4. The summed E-state index contributed by atoms with van der Waals surface area (Å²) in [7, 11) is 0. The van der Waals surface area contributed by atoms with Crippen LogP contribution in [0.1, 0.15) is 40.7 Å². The van der Waals surface area contributed by atoms with Crippen LogP contribution in [0.3, 0.4) is 0 Å². The van der Waals surface area contributed by atoms with Crippen LogP contribution in [0.5, 0.6) is 0 Å². The highest BCUT2D eigenvalue weighted by Gasteiger charge is 2.13. The number of aromatic nitrogens is 2. The number of rotatable bonds is 5. The molecule has 4 rings (SSSR count). The van der Waals surface area contributed by atoms with Gasteiger partial charge in [-0.15, -0.1) is 0 Å². The molecule has 1 amide bonds. The SMILES string of the molecule is Cc1cccc(CNC(=O)c2cccc(-c3cnc(N4CCCCC4)nc3)c2)c1. The minimum atomic E-state index is -0.0841. The Morgan fingerprint density at radius 2 is 1.72 bits per heavy atom. The molecule has 1 fully saturated rings. The summed E-state index contributed by atoms with van der Waals surface area (Å²) in [6, 6.07) is 15.8. The fraction of sp³-hybridized carbons (Fsp3) is 0.292. The van der Waals surface area contributed by atoms with Gasteiger partial charge in [-0.25, -0.2) is 9.97 Å². The summed E-state index contributed by atoms with van der Waals surface area (Å²) in [4.78, 5) is 23.9. The topological polar surface area (TPSA) is 58.1 Å². The summed E-state index contributed by atoms with van der Waals surface area (Å²) >= 11 is 0. The number of aryl methyl sites for hydroxylation is 1. The first kappa shape index (κ1) is 19.1. The molecule has 2 heterocycles. The molecule has 0 atom stereocenters. The maximum atomic E-state index is 12.6. The molecule has 0 saturated carbocycles. The van der Waals surface area contributed by atoms with Crippen molar-refractivity contribution in [3.05, 3.63) is 77.6 Å². The summed E-state index contributed by atoms with van der Waals surface area (Å²) in [5, 5.41) is 3.00. The van der Waals surface area contributed by atoms with Crippen molar-refractivity contribution in [3.63, 3.8) is 0 Å². The minimum Gasteiger partial charge on any atom is -0.348 e. The van der Waals surface area contributed by atoms with Gasteiger partial charge in [-0.3, -0.25) is 4.79 Å². The molecular weight excluding hydrogens is 360 g/mol. The van der Waals surface area contributed by atoms with E-state index in [1.165, 1.54) is 24.8 Å². The quantitative estimate of drug-likeness (QED) is 0.707. The van der Waals surface area contributed by atoms with E-state index in [-0.39, 0.29) is 5.91 Å². The molecule has 5 nitrogen and oxygen atoms in total. The van der Waals surface area contributed by atoms with E-state index in [1.807, 2.05) is 61.8 Å². The Labute approximate surface area is 171 Å². The zero-order valence-electron chi connectivity index (χ0n) is 16.8. The molecule has 1 aromatic heterocycles. The maximum Gasteiger partial charge on any atom is 0.251 e. The number of piperidine rings is 1. The average molecular weight is 386 g/mol. The molecule has 0 unspecified atom stereocenters. The van der Waals surface area contributed by atoms with Gasteiger partial charge >= 0.3 is 0 Å². The van der Waals surface area contributed by atoms with E-state index in [9.17, 15) is 4.79 Å². The predicted octanol–water partition coefficient (Wildman–Crippen LogP) is 4.37. The molecule has 148 valence electrons. The Bertz CT molecular complexity index is 978. The lowest BCUT2D eigenvalue weighted by Crippen LogP contribution is -2.30. The number of nitrogens with zero attached hydrogens (tertiary/aromatic N) is 3. The molecular formula is C24H26N4O. The molecule has 1 aliphatic heterocycles. The largest absolute Gasteiger partial charge is 0.348 e. The summed E-state index contributed by atoms with van der Waals surface area (Å²) in [5.74, 6) is 0.708. The van der Waals surface area contributed by atoms with Gasteiger partial charge in [0, 0.05) is 43.2 Å². The highest BCUT2D eigenvalue weighted by Crippen LogP contribution is 2.22. The summed E-state index contributed by atoms with van der Waals surface area (Å²) < 4.78 is 0. The third kappa shape index (κ3) is 4.80. The van der Waals surface area contributed by atoms with Gasteiger partial charge < -0.3 is 10.2 Å². The standard InChI is InChI=1S/C24H26N4O/c1-18-7-5-8-19(13-18)15-25-23(29)21-10-6-9-20(14-21)22-16-26-24(27-17-22)28-11-3-2-4-12-28/h5-10,13-14,16-17H,2-4,11-12,15H2,1H3,(H,25,29). The zero-order valence-corrected chi connectivity index (χ0v) is 16.8. The van der Waals surface area contributed by atoms with Gasteiger partial charge in [-0.2, -0.15) is 0 Å². The van der Waals surface area contributed by atoms with E-state index >= 15 is 0 Å². The van der Waals surface area contributed by atoms with Gasteiger partial charge in [0.05, 0.1) is 0 Å². The van der Waals surface area contributed by atoms with E-state index in [0.29, 0.717) is 12.1 Å². The average Bonchev–Trinajstić information content (AvgIpc) is 2.78. The molecule has 0 radical (unpaired) electrons. The first-order valence-corrected chi connectivity index (χ1v) is 10.2. The molecule has 5 heteroatoms. The Morgan fingerprint density at radius 1 is 0.966 bits per heavy atom. The summed E-state index contributed by atoms with van der Waals surface area (Å²) in [6.07, 6.45) is 7.38. The second-order valence-corrected chi connectivity index (χ2v) is 7.57. The van der Waals surface area contributed by atoms with Gasteiger partial charge in [0.25, 0.3) is 5.91 Å². The van der Waals surface area contributed by atoms with Crippen molar-refractivity contribution in [1.82, 2.24) is 15.3 Å². The third-order valence-electron chi connectivity index (χ3n) is 5.27. The normalized spacial score (nSPS) is 13.9. The van der Waals surface area contributed by atoms with Crippen molar-refractivity contribution >= 4 is 11.9 Å². The monoisotopic (exact) mass is 386 g/mol. The Morgan fingerprint density at radius 3 is 2.48 bits per heavy atom. The minimum absolute atomic E-state index is 0.0841. The third-order valence-corrected chi connectivity index (χ3v) is 5.27. The van der Waals surface area contributed by atoms with E-state index in [1.54, 1.807) is 0 Å². The molecule has 2 aromatic carbocycles. The van der Waals surface area contributed by atoms with Crippen LogP contribution < -0.4 is 10.2 Å². The lowest BCUT2D eigenvalue weighted by molar-refractivity contribution is 0.0951. The Balaban J connectivity index is 1.44. The zero-order chi connectivity index (χ0) is 20.1. The van der Waals surface area contributed by atoms with Gasteiger partial charge in [0.1, 0.15) is 0 Å². The van der Waals surface area contributed by atoms with Crippen LogP contribution >= 0.6 is 0 Å². The number of anilines is 1. The first-order chi connectivity index (χ1) is 14.2. The predicted molar refractivity (Wildman–Crippen MR) is 116 cm³/mol. The molecule has 29 heavy (non-hydrogen) atoms. The lowest BCUT2D eigenvalue weighted by atomic mass is 10.1. The molecule has 1 aliphatic rings. The molecule has 0 spiro atoms. The number of benzene rings is 2. The maximum absolute atomic E-state index is 12.6. The molecule has 1 N–H and O–H groups in total. The van der Waals surface area contributed by atoms with Crippen LogP contribution in [0.2, 0.25) is 0 Å². The van der Waals surface area contributed by atoms with E-state index in [4.69, 9.17) is 0 Å². The van der Waals surface area contributed by atoms with Gasteiger partial charge in [0.15, 0.2) is 0 Å². The smallest absolute Gasteiger partial charge is 0.251 e. The number of amides is 1. The number of carbonyl (C=O) groups is 1. The van der Waals surface area contributed by atoms with Gasteiger partial charge in [-0.1, -0.05) is 42.0 Å². The summed E-state index contributed by atoms with van der Waals surface area (Å²) in [5.41, 5.74) is 4.77. The number of hydrogen-bond donors (Lipinski definition) is 1. The van der Waals surface area contributed by atoms with Crippen LogP contribution in [-0.2, 0) is 6.54 Å². The number of carbonyl (C=O) groups excluding carboxylic acids is 1. The molecule has 0 aliphatic carbocycles. The van der Waals surface area contributed by atoms with Crippen molar-refractivity contribution in [3.8, 4) is 11.1 Å². The van der Waals surface area contributed by atoms with Crippen LogP contribution in [0.25, 0.3) is 11.1 Å². The van der Waals surface area contributed by atoms with Gasteiger partial charge in [0.2, 0.25) is 5.95 Å². The fourth-order valence-electron chi connectivity index (χ4n) is 3.67. The van der Waals surface area contributed by atoms with E-state index in [0.717, 1.165) is 35.7 Å². The van der Waals surface area contributed by atoms with Crippen LogP contribution in [-0.4, -0.2) is 29.0 Å². The van der Waals surface area contributed by atoms with Crippen molar-refractivity contribution in [1.29, 1.82) is 0 Å². The van der Waals surface area contributed by atoms with Crippen LogP contribution in [0.4, 0.5) is 5.95 Å². The Hall–Kier alpha value is -3.21. The van der Waals surface area contributed by atoms with Crippen molar-refractivity contribution in [2.45, 2.75) is 32.7 Å². The van der Waals surface area contributed by atoms with Crippen LogP contribution in [0, 0.1) is 6.92 Å². The number of nitrogens with one attached hydrogen (secondary N) is 1. The lowest BCUT2D eigenvalue weighted by Gasteiger charge is -2.26. The first-order valence-electron chi connectivity index (χ1n) is 10.2. The van der Waals surface area contributed by atoms with Crippen molar-refractivity contribution in [2.75, 3.05) is 18.0 Å². The van der Waals surface area contributed by atoms with Crippen molar-refractivity contribution < 1.29 is 4.79 Å². The Kier molecular flexibility index (Phi) is 5.84. The highest BCUT2D eigenvalue weighted by atomic mass is 16.1. The molecule has 3 aromatic rings.